The number of halogens is 1. The summed E-state index contributed by atoms with van der Waals surface area (Å²) >= 11 is 0. The SMILES string of the molecule is C#Cc1ccc(F)cc1[C@@H]1O[C@@]1(C)c1ccccc1. The smallest absolute Gasteiger partial charge is 0.123 e. The van der Waals surface area contributed by atoms with Crippen LogP contribution in [0.2, 0.25) is 0 Å². The minimum absolute atomic E-state index is 0.184. The van der Waals surface area contributed by atoms with Crippen molar-refractivity contribution in [2.24, 2.45) is 0 Å². The Morgan fingerprint density at radius 2 is 1.95 bits per heavy atom. The van der Waals surface area contributed by atoms with Crippen LogP contribution in [0, 0.1) is 18.2 Å². The molecular formula is C17H13FO. The summed E-state index contributed by atoms with van der Waals surface area (Å²) in [5.41, 5.74) is 2.09. The van der Waals surface area contributed by atoms with Gasteiger partial charge in [-0.1, -0.05) is 36.3 Å². The summed E-state index contributed by atoms with van der Waals surface area (Å²) in [7, 11) is 0. The Kier molecular flexibility index (Phi) is 2.66. The molecule has 1 aliphatic heterocycles. The van der Waals surface area contributed by atoms with E-state index in [0.29, 0.717) is 5.56 Å². The Morgan fingerprint density at radius 3 is 2.63 bits per heavy atom. The van der Waals surface area contributed by atoms with Crippen LogP contribution in [0.15, 0.2) is 48.5 Å². The van der Waals surface area contributed by atoms with E-state index in [9.17, 15) is 4.39 Å². The van der Waals surface area contributed by atoms with Crippen molar-refractivity contribution < 1.29 is 9.13 Å². The maximum atomic E-state index is 13.4. The van der Waals surface area contributed by atoms with Gasteiger partial charge in [-0.05, 0) is 30.7 Å². The van der Waals surface area contributed by atoms with Gasteiger partial charge in [0.2, 0.25) is 0 Å². The number of rotatable bonds is 2. The number of hydrogen-bond donors (Lipinski definition) is 0. The first-order valence-electron chi connectivity index (χ1n) is 6.14. The molecule has 2 atom stereocenters. The summed E-state index contributed by atoms with van der Waals surface area (Å²) in [6, 6.07) is 14.4. The van der Waals surface area contributed by atoms with E-state index in [2.05, 4.69) is 5.92 Å². The van der Waals surface area contributed by atoms with Gasteiger partial charge in [0.1, 0.15) is 17.5 Å². The van der Waals surface area contributed by atoms with Crippen LogP contribution in [0.5, 0.6) is 0 Å². The average molecular weight is 252 g/mol. The zero-order chi connectivity index (χ0) is 13.5. The van der Waals surface area contributed by atoms with Gasteiger partial charge in [0.05, 0.1) is 0 Å². The summed E-state index contributed by atoms with van der Waals surface area (Å²) in [5, 5.41) is 0. The van der Waals surface area contributed by atoms with Crippen molar-refractivity contribution in [1.29, 1.82) is 0 Å². The fourth-order valence-electron chi connectivity index (χ4n) is 2.44. The Morgan fingerprint density at radius 1 is 1.21 bits per heavy atom. The van der Waals surface area contributed by atoms with Gasteiger partial charge < -0.3 is 4.74 Å². The van der Waals surface area contributed by atoms with Crippen molar-refractivity contribution >= 4 is 0 Å². The molecule has 0 saturated carbocycles. The molecule has 2 heteroatoms. The monoisotopic (exact) mass is 252 g/mol. The van der Waals surface area contributed by atoms with Crippen LogP contribution in [0.4, 0.5) is 4.39 Å². The molecule has 0 amide bonds. The molecule has 2 aromatic rings. The third-order valence-corrected chi connectivity index (χ3v) is 3.60. The maximum Gasteiger partial charge on any atom is 0.123 e. The number of terminal acetylenes is 1. The lowest BCUT2D eigenvalue weighted by Gasteiger charge is -2.08. The maximum absolute atomic E-state index is 13.4. The molecule has 0 unspecified atom stereocenters. The lowest BCUT2D eigenvalue weighted by atomic mass is 9.91. The molecule has 0 bridgehead atoms. The van der Waals surface area contributed by atoms with E-state index < -0.39 is 5.60 Å². The highest BCUT2D eigenvalue weighted by Crippen LogP contribution is 2.57. The second kappa shape index (κ2) is 4.22. The van der Waals surface area contributed by atoms with E-state index in [1.165, 1.54) is 12.1 Å². The Bertz CT molecular complexity index is 657. The molecule has 1 heterocycles. The van der Waals surface area contributed by atoms with Crippen molar-refractivity contribution in [2.75, 3.05) is 0 Å². The van der Waals surface area contributed by atoms with Gasteiger partial charge in [-0.15, -0.1) is 6.42 Å². The molecule has 0 radical (unpaired) electrons. The Hall–Kier alpha value is -2.11. The molecule has 94 valence electrons. The standard InChI is InChI=1S/C17H13FO/c1-3-12-9-10-14(18)11-15(12)16-17(2,19-16)13-7-5-4-6-8-13/h1,4-11,16H,2H3/t16-,17-/m0/s1. The van der Waals surface area contributed by atoms with Crippen LogP contribution in [-0.4, -0.2) is 0 Å². The van der Waals surface area contributed by atoms with Crippen molar-refractivity contribution in [2.45, 2.75) is 18.6 Å². The minimum Gasteiger partial charge on any atom is -0.356 e. The fraction of sp³-hybridized carbons (Fsp3) is 0.176. The zero-order valence-electron chi connectivity index (χ0n) is 10.6. The summed E-state index contributed by atoms with van der Waals surface area (Å²) in [6.45, 7) is 2.00. The zero-order valence-corrected chi connectivity index (χ0v) is 10.6. The second-order valence-electron chi connectivity index (χ2n) is 4.85. The summed E-state index contributed by atoms with van der Waals surface area (Å²) in [6.07, 6.45) is 5.28. The normalized spacial score (nSPS) is 24.8. The molecule has 0 spiro atoms. The number of benzene rings is 2. The summed E-state index contributed by atoms with van der Waals surface area (Å²) in [5.74, 6) is 2.29. The van der Waals surface area contributed by atoms with Gasteiger partial charge in [-0.2, -0.15) is 0 Å². The predicted molar refractivity (Wildman–Crippen MR) is 72.0 cm³/mol. The molecule has 1 nitrogen and oxygen atoms in total. The van der Waals surface area contributed by atoms with Crippen LogP contribution in [0.3, 0.4) is 0 Å². The van der Waals surface area contributed by atoms with Gasteiger partial charge in [0.25, 0.3) is 0 Å². The van der Waals surface area contributed by atoms with Gasteiger partial charge in [-0.3, -0.25) is 0 Å². The van der Waals surface area contributed by atoms with E-state index in [1.54, 1.807) is 6.07 Å². The first kappa shape index (κ1) is 12.0. The largest absolute Gasteiger partial charge is 0.356 e. The Labute approximate surface area is 112 Å². The average Bonchev–Trinajstić information content (AvgIpc) is 3.13. The quantitative estimate of drug-likeness (QED) is 0.585. The van der Waals surface area contributed by atoms with Crippen molar-refractivity contribution in [3.05, 3.63) is 71.0 Å². The van der Waals surface area contributed by atoms with Crippen LogP contribution < -0.4 is 0 Å². The van der Waals surface area contributed by atoms with Crippen molar-refractivity contribution in [3.8, 4) is 12.3 Å². The highest BCUT2D eigenvalue weighted by atomic mass is 19.1. The van der Waals surface area contributed by atoms with Crippen LogP contribution in [0.25, 0.3) is 0 Å². The van der Waals surface area contributed by atoms with Gasteiger partial charge in [-0.25, -0.2) is 4.39 Å². The van der Waals surface area contributed by atoms with Gasteiger partial charge in [0.15, 0.2) is 0 Å². The number of hydrogen-bond acceptors (Lipinski definition) is 1. The van der Waals surface area contributed by atoms with Crippen molar-refractivity contribution in [1.82, 2.24) is 0 Å². The third-order valence-electron chi connectivity index (χ3n) is 3.60. The first-order chi connectivity index (χ1) is 9.15. The van der Waals surface area contributed by atoms with E-state index in [0.717, 1.165) is 11.1 Å². The highest BCUT2D eigenvalue weighted by Gasteiger charge is 2.55. The minimum atomic E-state index is -0.416. The molecule has 3 rings (SSSR count). The predicted octanol–water partition coefficient (Wildman–Crippen LogP) is 3.79. The van der Waals surface area contributed by atoms with E-state index in [1.807, 2.05) is 37.3 Å². The lowest BCUT2D eigenvalue weighted by Crippen LogP contribution is -2.05. The molecule has 1 aliphatic rings. The van der Waals surface area contributed by atoms with Crippen molar-refractivity contribution in [3.63, 3.8) is 0 Å². The van der Waals surface area contributed by atoms with E-state index in [-0.39, 0.29) is 11.9 Å². The molecule has 0 aromatic heterocycles. The van der Waals surface area contributed by atoms with Gasteiger partial charge >= 0.3 is 0 Å². The molecule has 1 fully saturated rings. The van der Waals surface area contributed by atoms with E-state index >= 15 is 0 Å². The lowest BCUT2D eigenvalue weighted by molar-refractivity contribution is 0.313. The van der Waals surface area contributed by atoms with Crippen LogP contribution >= 0.6 is 0 Å². The second-order valence-corrected chi connectivity index (χ2v) is 4.85. The fourth-order valence-corrected chi connectivity index (χ4v) is 2.44. The van der Waals surface area contributed by atoms with Crippen LogP contribution in [0.1, 0.15) is 29.7 Å². The number of ether oxygens (including phenoxy) is 1. The Balaban J connectivity index is 2.00. The third kappa shape index (κ3) is 1.93. The first-order valence-corrected chi connectivity index (χ1v) is 6.14. The molecular weight excluding hydrogens is 239 g/mol. The summed E-state index contributed by atoms with van der Waals surface area (Å²) in [4.78, 5) is 0. The highest BCUT2D eigenvalue weighted by molar-refractivity contribution is 5.46. The molecule has 1 saturated heterocycles. The summed E-state index contributed by atoms with van der Waals surface area (Å²) < 4.78 is 19.2. The number of epoxide rings is 1. The molecule has 2 aromatic carbocycles. The van der Waals surface area contributed by atoms with E-state index in [4.69, 9.17) is 11.2 Å². The van der Waals surface area contributed by atoms with Gasteiger partial charge in [0, 0.05) is 11.1 Å². The van der Waals surface area contributed by atoms with Crippen LogP contribution in [-0.2, 0) is 10.3 Å². The molecule has 0 N–H and O–H groups in total. The topological polar surface area (TPSA) is 12.5 Å². The molecule has 19 heavy (non-hydrogen) atoms. The molecule has 0 aliphatic carbocycles.